The molecule has 8 nitrogen and oxygen atoms in total. The number of halogens is 2. The van der Waals surface area contributed by atoms with E-state index in [9.17, 15) is 18.7 Å². The molecule has 29 heavy (non-hydrogen) atoms. The van der Waals surface area contributed by atoms with Crippen LogP contribution in [0.1, 0.15) is 55.8 Å². The van der Waals surface area contributed by atoms with Gasteiger partial charge in [-0.1, -0.05) is 13.3 Å². The summed E-state index contributed by atoms with van der Waals surface area (Å²) in [6.07, 6.45) is 7.95. The van der Waals surface area contributed by atoms with Crippen LogP contribution in [0.3, 0.4) is 0 Å². The summed E-state index contributed by atoms with van der Waals surface area (Å²) in [5.74, 6) is 0.300. The van der Waals surface area contributed by atoms with E-state index in [1.54, 1.807) is 6.21 Å². The van der Waals surface area contributed by atoms with Crippen LogP contribution in [0, 0.1) is 5.92 Å². The minimum Gasteiger partial charge on any atom is -0.393 e. The van der Waals surface area contributed by atoms with Crippen LogP contribution in [-0.4, -0.2) is 59.6 Å². The van der Waals surface area contributed by atoms with Crippen LogP contribution in [0.25, 0.3) is 0 Å². The first-order valence-corrected chi connectivity index (χ1v) is 10.0. The predicted octanol–water partition coefficient (Wildman–Crippen LogP) is 2.91. The second kappa shape index (κ2) is 12.4. The zero-order valence-corrected chi connectivity index (χ0v) is 16.6. The van der Waals surface area contributed by atoms with Gasteiger partial charge in [0.25, 0.3) is 5.91 Å². The normalized spacial score (nSPS) is 19.6. The highest BCUT2D eigenvalue weighted by molar-refractivity contribution is 5.98. The van der Waals surface area contributed by atoms with Crippen molar-refractivity contribution in [2.24, 2.45) is 10.9 Å². The topological polar surface area (TPSA) is 109 Å². The van der Waals surface area contributed by atoms with Gasteiger partial charge in [0.1, 0.15) is 5.56 Å². The average Bonchev–Trinajstić information content (AvgIpc) is 2.71. The van der Waals surface area contributed by atoms with Crippen molar-refractivity contribution in [3.8, 4) is 0 Å². The van der Waals surface area contributed by atoms with Crippen LogP contribution >= 0.6 is 0 Å². The standard InChI is InChI=1S/C19H29F2N5O3/c1-2-3-8-23-19-25-12-15(17(28)22-9-10-29-18(20)21)16(26-19)24-11-13-4-6-14(27)7-5-13/h11-14,18,27H,2-10H2,1H3,(H,22,28)(H,23,25,26)/b24-11+. The minimum absolute atomic E-state index is 0.0661. The number of aromatic nitrogens is 2. The number of hydrogen-bond donors (Lipinski definition) is 3. The number of anilines is 1. The summed E-state index contributed by atoms with van der Waals surface area (Å²) in [5, 5.41) is 15.2. The van der Waals surface area contributed by atoms with Gasteiger partial charge < -0.3 is 20.5 Å². The Hall–Kier alpha value is -2.20. The van der Waals surface area contributed by atoms with E-state index in [-0.39, 0.29) is 36.6 Å². The average molecular weight is 413 g/mol. The first-order valence-electron chi connectivity index (χ1n) is 10.0. The fourth-order valence-corrected chi connectivity index (χ4v) is 2.93. The van der Waals surface area contributed by atoms with Gasteiger partial charge in [0.2, 0.25) is 5.95 Å². The Morgan fingerprint density at radius 2 is 2.14 bits per heavy atom. The van der Waals surface area contributed by atoms with E-state index in [0.717, 1.165) is 38.5 Å². The largest absolute Gasteiger partial charge is 0.393 e. The lowest BCUT2D eigenvalue weighted by Gasteiger charge is -2.22. The highest BCUT2D eigenvalue weighted by atomic mass is 19.3. The van der Waals surface area contributed by atoms with Crippen molar-refractivity contribution in [3.05, 3.63) is 11.8 Å². The first-order chi connectivity index (χ1) is 14.0. The molecule has 0 aliphatic heterocycles. The van der Waals surface area contributed by atoms with Crippen molar-refractivity contribution < 1.29 is 23.4 Å². The van der Waals surface area contributed by atoms with Crippen LogP contribution in [0.4, 0.5) is 20.5 Å². The van der Waals surface area contributed by atoms with E-state index in [1.807, 2.05) is 0 Å². The number of aliphatic imine (C=N–C) groups is 1. The molecule has 1 fully saturated rings. The Morgan fingerprint density at radius 1 is 1.38 bits per heavy atom. The number of rotatable bonds is 11. The van der Waals surface area contributed by atoms with E-state index >= 15 is 0 Å². The third-order valence-corrected chi connectivity index (χ3v) is 4.61. The highest BCUT2D eigenvalue weighted by Crippen LogP contribution is 2.24. The molecule has 10 heteroatoms. The molecule has 0 atom stereocenters. The molecule has 1 aromatic rings. The molecule has 1 aliphatic carbocycles. The number of hydrogen-bond acceptors (Lipinski definition) is 7. The smallest absolute Gasteiger partial charge is 0.345 e. The molecular formula is C19H29F2N5O3. The second-order valence-electron chi connectivity index (χ2n) is 6.95. The van der Waals surface area contributed by atoms with E-state index in [2.05, 4.69) is 37.3 Å². The summed E-state index contributed by atoms with van der Waals surface area (Å²) < 4.78 is 28.2. The molecule has 0 aromatic carbocycles. The van der Waals surface area contributed by atoms with Crippen molar-refractivity contribution in [1.82, 2.24) is 15.3 Å². The summed E-state index contributed by atoms with van der Waals surface area (Å²) >= 11 is 0. The number of unbranched alkanes of at least 4 members (excludes halogenated alkanes) is 1. The summed E-state index contributed by atoms with van der Waals surface area (Å²) in [5.41, 5.74) is 0.162. The molecule has 162 valence electrons. The quantitative estimate of drug-likeness (QED) is 0.380. The maximum Gasteiger partial charge on any atom is 0.345 e. The van der Waals surface area contributed by atoms with Gasteiger partial charge in [0, 0.05) is 25.5 Å². The summed E-state index contributed by atoms with van der Waals surface area (Å²) in [7, 11) is 0. The molecule has 1 heterocycles. The molecule has 3 N–H and O–H groups in total. The van der Waals surface area contributed by atoms with Gasteiger partial charge in [-0.05, 0) is 38.0 Å². The maximum atomic E-state index is 12.4. The van der Waals surface area contributed by atoms with E-state index < -0.39 is 12.5 Å². The lowest BCUT2D eigenvalue weighted by atomic mass is 9.88. The van der Waals surface area contributed by atoms with E-state index in [4.69, 9.17) is 0 Å². The van der Waals surface area contributed by atoms with Gasteiger partial charge in [0.05, 0.1) is 12.7 Å². The Bertz CT molecular complexity index is 667. The van der Waals surface area contributed by atoms with Crippen LogP contribution in [-0.2, 0) is 4.74 Å². The molecule has 1 aromatic heterocycles. The molecule has 0 unspecified atom stereocenters. The van der Waals surface area contributed by atoms with Crippen molar-refractivity contribution in [2.45, 2.75) is 58.2 Å². The fraction of sp³-hybridized carbons (Fsp3) is 0.684. The molecule has 0 bridgehead atoms. The fourth-order valence-electron chi connectivity index (χ4n) is 2.93. The third-order valence-electron chi connectivity index (χ3n) is 4.61. The van der Waals surface area contributed by atoms with Crippen molar-refractivity contribution in [3.63, 3.8) is 0 Å². The summed E-state index contributed by atoms with van der Waals surface area (Å²) in [6, 6.07) is 0. The van der Waals surface area contributed by atoms with Gasteiger partial charge in [0.15, 0.2) is 5.82 Å². The number of aliphatic hydroxyl groups is 1. The third kappa shape index (κ3) is 8.36. The van der Waals surface area contributed by atoms with Crippen molar-refractivity contribution >= 4 is 23.9 Å². The van der Waals surface area contributed by atoms with Crippen LogP contribution < -0.4 is 10.6 Å². The lowest BCUT2D eigenvalue weighted by Crippen LogP contribution is -2.28. The van der Waals surface area contributed by atoms with Crippen LogP contribution in [0.2, 0.25) is 0 Å². The molecule has 1 amide bonds. The molecule has 1 saturated carbocycles. The van der Waals surface area contributed by atoms with Crippen LogP contribution in [0.15, 0.2) is 11.2 Å². The van der Waals surface area contributed by atoms with E-state index in [1.165, 1.54) is 6.20 Å². The van der Waals surface area contributed by atoms with Gasteiger partial charge in [-0.2, -0.15) is 13.8 Å². The number of aliphatic hydroxyl groups excluding tert-OH is 1. The Kier molecular flexibility index (Phi) is 9.85. The molecule has 0 saturated heterocycles. The van der Waals surface area contributed by atoms with Crippen molar-refractivity contribution in [2.75, 3.05) is 25.0 Å². The van der Waals surface area contributed by atoms with Gasteiger partial charge in [-0.25, -0.2) is 9.98 Å². The van der Waals surface area contributed by atoms with Gasteiger partial charge in [-0.3, -0.25) is 4.79 Å². The summed E-state index contributed by atoms with van der Waals surface area (Å²) in [4.78, 5) is 25.3. The predicted molar refractivity (Wildman–Crippen MR) is 106 cm³/mol. The molecule has 1 aliphatic rings. The number of alkyl halides is 2. The lowest BCUT2D eigenvalue weighted by molar-refractivity contribution is -0.126. The first kappa shape index (κ1) is 23.1. The van der Waals surface area contributed by atoms with Gasteiger partial charge in [-0.15, -0.1) is 0 Å². The maximum absolute atomic E-state index is 12.4. The Balaban J connectivity index is 2.07. The molecule has 0 spiro atoms. The second-order valence-corrected chi connectivity index (χ2v) is 6.95. The van der Waals surface area contributed by atoms with Crippen molar-refractivity contribution in [1.29, 1.82) is 0 Å². The molecule has 2 rings (SSSR count). The number of carbonyl (C=O) groups excluding carboxylic acids is 1. The monoisotopic (exact) mass is 413 g/mol. The number of carbonyl (C=O) groups is 1. The van der Waals surface area contributed by atoms with Crippen LogP contribution in [0.5, 0.6) is 0 Å². The number of nitrogens with one attached hydrogen (secondary N) is 2. The molecular weight excluding hydrogens is 384 g/mol. The minimum atomic E-state index is -2.88. The number of amides is 1. The molecule has 0 radical (unpaired) electrons. The zero-order valence-electron chi connectivity index (χ0n) is 16.6. The SMILES string of the molecule is CCCCNc1ncc(C(=O)NCCOC(F)F)c(/N=C/C2CCC(O)CC2)n1. The number of ether oxygens (including phenoxy) is 1. The summed E-state index contributed by atoms with van der Waals surface area (Å²) in [6.45, 7) is -0.466. The number of nitrogens with zero attached hydrogens (tertiary/aromatic N) is 3. The van der Waals surface area contributed by atoms with Gasteiger partial charge >= 0.3 is 6.61 Å². The Labute approximate surface area is 169 Å². The Morgan fingerprint density at radius 3 is 2.83 bits per heavy atom. The zero-order chi connectivity index (χ0) is 21.1. The van der Waals surface area contributed by atoms with E-state index in [0.29, 0.717) is 12.5 Å². The highest BCUT2D eigenvalue weighted by Gasteiger charge is 2.19.